The number of nitrogens with two attached hydrogens (primary N) is 1. The third kappa shape index (κ3) is 8.25. The molecule has 0 radical (unpaired) electrons. The van der Waals surface area contributed by atoms with E-state index in [4.69, 9.17) is 20.4 Å². The number of nitrogens with zero attached hydrogens (tertiary/aromatic N) is 2. The lowest BCUT2D eigenvalue weighted by molar-refractivity contribution is -0.163. The number of likely N-dealkylation sites (tertiary alicyclic amines) is 1. The third-order valence-electron chi connectivity index (χ3n) is 4.54. The average molecular weight is 434 g/mol. The van der Waals surface area contributed by atoms with E-state index in [1.165, 1.54) is 0 Å². The van der Waals surface area contributed by atoms with Gasteiger partial charge in [0, 0.05) is 24.3 Å². The summed E-state index contributed by atoms with van der Waals surface area (Å²) in [6.45, 7) is 6.18. The Morgan fingerprint density at radius 2 is 1.81 bits per heavy atom. The number of amides is 2. The number of amidine groups is 1. The highest BCUT2D eigenvalue weighted by Gasteiger charge is 2.26. The number of esters is 1. The zero-order valence-electron chi connectivity index (χ0n) is 18.1. The lowest BCUT2D eigenvalue weighted by Crippen LogP contribution is -2.42. The van der Waals surface area contributed by atoms with E-state index in [1.54, 1.807) is 49.9 Å². The molecule has 1 aromatic carbocycles. The second-order valence-electron chi connectivity index (χ2n) is 8.27. The van der Waals surface area contributed by atoms with Crippen LogP contribution in [0.2, 0.25) is 0 Å². The molecule has 31 heavy (non-hydrogen) atoms. The van der Waals surface area contributed by atoms with Crippen LogP contribution in [0.3, 0.4) is 0 Å². The first-order chi connectivity index (χ1) is 14.6. The number of rotatable bonds is 7. The summed E-state index contributed by atoms with van der Waals surface area (Å²) in [4.78, 5) is 37.9. The van der Waals surface area contributed by atoms with E-state index in [1.807, 2.05) is 0 Å². The SMILES string of the molecule is CC(C)(C)OC(=O)COC1CCN(C(=O)CC(=O)Nc2ccc(/C(N)=N/O)cc2)CC1. The summed E-state index contributed by atoms with van der Waals surface area (Å²) in [5.74, 6) is -1.14. The average Bonchev–Trinajstić information content (AvgIpc) is 2.71. The fourth-order valence-electron chi connectivity index (χ4n) is 3.07. The Hall–Kier alpha value is -3.14. The van der Waals surface area contributed by atoms with Gasteiger partial charge in [0.05, 0.1) is 6.10 Å². The van der Waals surface area contributed by atoms with Crippen LogP contribution < -0.4 is 11.1 Å². The van der Waals surface area contributed by atoms with Gasteiger partial charge in [-0.15, -0.1) is 0 Å². The topological polar surface area (TPSA) is 144 Å². The molecule has 10 nitrogen and oxygen atoms in total. The summed E-state index contributed by atoms with van der Waals surface area (Å²) in [5.41, 5.74) is 5.95. The van der Waals surface area contributed by atoms with E-state index in [-0.39, 0.29) is 30.9 Å². The molecule has 0 saturated carbocycles. The van der Waals surface area contributed by atoms with Crippen LogP contribution in [0.5, 0.6) is 0 Å². The Morgan fingerprint density at radius 3 is 2.35 bits per heavy atom. The van der Waals surface area contributed by atoms with E-state index < -0.39 is 17.5 Å². The number of ether oxygens (including phenoxy) is 2. The Balaban J connectivity index is 1.72. The molecule has 0 spiro atoms. The van der Waals surface area contributed by atoms with Gasteiger partial charge in [-0.25, -0.2) is 4.79 Å². The number of piperidine rings is 1. The fraction of sp³-hybridized carbons (Fsp3) is 0.524. The summed E-state index contributed by atoms with van der Waals surface area (Å²) >= 11 is 0. The van der Waals surface area contributed by atoms with Crippen LogP contribution in [0.4, 0.5) is 5.69 Å². The highest BCUT2D eigenvalue weighted by molar-refractivity contribution is 6.04. The molecule has 1 fully saturated rings. The Morgan fingerprint density at radius 1 is 1.19 bits per heavy atom. The monoisotopic (exact) mass is 434 g/mol. The zero-order chi connectivity index (χ0) is 23.0. The van der Waals surface area contributed by atoms with Crippen LogP contribution in [-0.4, -0.2) is 65.1 Å². The van der Waals surface area contributed by atoms with Gasteiger partial charge >= 0.3 is 5.97 Å². The Kier molecular flexibility index (Phi) is 8.38. The molecule has 1 aliphatic heterocycles. The van der Waals surface area contributed by atoms with Crippen molar-refractivity contribution in [1.82, 2.24) is 4.90 Å². The van der Waals surface area contributed by atoms with Crippen molar-refractivity contribution in [1.29, 1.82) is 0 Å². The van der Waals surface area contributed by atoms with Crippen molar-refractivity contribution in [2.75, 3.05) is 25.0 Å². The minimum Gasteiger partial charge on any atom is -0.458 e. The number of hydrogen-bond donors (Lipinski definition) is 3. The van der Waals surface area contributed by atoms with Crippen molar-refractivity contribution in [3.63, 3.8) is 0 Å². The predicted octanol–water partition coefficient (Wildman–Crippen LogP) is 1.46. The number of hydrogen-bond acceptors (Lipinski definition) is 7. The maximum atomic E-state index is 12.4. The third-order valence-corrected chi connectivity index (χ3v) is 4.54. The highest BCUT2D eigenvalue weighted by atomic mass is 16.6. The Bertz CT molecular complexity index is 808. The largest absolute Gasteiger partial charge is 0.458 e. The van der Waals surface area contributed by atoms with Crippen molar-refractivity contribution < 1.29 is 29.1 Å². The minimum absolute atomic E-state index is 0.0356. The van der Waals surface area contributed by atoms with Gasteiger partial charge in [-0.3, -0.25) is 9.59 Å². The first kappa shape index (κ1) is 24.1. The molecule has 0 aromatic heterocycles. The molecule has 0 atom stereocenters. The van der Waals surface area contributed by atoms with Gasteiger partial charge in [0.2, 0.25) is 11.8 Å². The van der Waals surface area contributed by atoms with Gasteiger partial charge in [-0.05, 0) is 57.9 Å². The van der Waals surface area contributed by atoms with E-state index in [9.17, 15) is 14.4 Å². The van der Waals surface area contributed by atoms with Crippen molar-refractivity contribution in [3.05, 3.63) is 29.8 Å². The number of carbonyl (C=O) groups is 3. The van der Waals surface area contributed by atoms with E-state index in [0.29, 0.717) is 37.2 Å². The second-order valence-corrected chi connectivity index (χ2v) is 8.27. The summed E-state index contributed by atoms with van der Waals surface area (Å²) in [6, 6.07) is 6.38. The van der Waals surface area contributed by atoms with Gasteiger partial charge in [0.25, 0.3) is 0 Å². The van der Waals surface area contributed by atoms with Crippen molar-refractivity contribution >= 4 is 29.3 Å². The standard InChI is InChI=1S/C21H30N4O6/c1-21(2,3)31-19(28)13-30-16-8-10-25(11-9-16)18(27)12-17(26)23-15-6-4-14(5-7-15)20(22)24-29/h4-7,16,29H,8-13H2,1-3H3,(H2,22,24)(H,23,26). The Labute approximate surface area is 181 Å². The van der Waals surface area contributed by atoms with Crippen LogP contribution in [0, 0.1) is 0 Å². The molecule has 1 aliphatic rings. The molecule has 0 unspecified atom stereocenters. The second kappa shape index (κ2) is 10.8. The number of oxime groups is 1. The molecular weight excluding hydrogens is 404 g/mol. The van der Waals surface area contributed by atoms with Crippen LogP contribution >= 0.6 is 0 Å². The molecule has 0 aliphatic carbocycles. The van der Waals surface area contributed by atoms with E-state index in [2.05, 4.69) is 10.5 Å². The normalized spacial score (nSPS) is 15.5. The van der Waals surface area contributed by atoms with Gasteiger partial charge < -0.3 is 30.6 Å². The van der Waals surface area contributed by atoms with E-state index >= 15 is 0 Å². The van der Waals surface area contributed by atoms with Crippen LogP contribution in [0.25, 0.3) is 0 Å². The first-order valence-corrected chi connectivity index (χ1v) is 10.1. The lowest BCUT2D eigenvalue weighted by atomic mass is 10.1. The van der Waals surface area contributed by atoms with Crippen LogP contribution in [0.1, 0.15) is 45.6 Å². The number of anilines is 1. The molecule has 2 amide bonds. The van der Waals surface area contributed by atoms with Crippen molar-refractivity contribution in [3.8, 4) is 0 Å². The summed E-state index contributed by atoms with van der Waals surface area (Å²) in [5, 5.41) is 14.2. The highest BCUT2D eigenvalue weighted by Crippen LogP contribution is 2.16. The maximum Gasteiger partial charge on any atom is 0.332 e. The summed E-state index contributed by atoms with van der Waals surface area (Å²) in [7, 11) is 0. The summed E-state index contributed by atoms with van der Waals surface area (Å²) < 4.78 is 10.8. The molecular formula is C21H30N4O6. The smallest absolute Gasteiger partial charge is 0.332 e. The molecule has 1 aromatic rings. The van der Waals surface area contributed by atoms with Gasteiger partial charge in [-0.1, -0.05) is 5.16 Å². The van der Waals surface area contributed by atoms with Crippen molar-refractivity contribution in [2.24, 2.45) is 10.9 Å². The van der Waals surface area contributed by atoms with Gasteiger partial charge in [0.1, 0.15) is 18.6 Å². The maximum absolute atomic E-state index is 12.4. The molecule has 2 rings (SSSR count). The van der Waals surface area contributed by atoms with Crippen molar-refractivity contribution in [2.45, 2.75) is 51.7 Å². The van der Waals surface area contributed by atoms with Crippen LogP contribution in [0.15, 0.2) is 29.4 Å². The fourth-order valence-corrected chi connectivity index (χ4v) is 3.07. The molecule has 1 saturated heterocycles. The number of carbonyl (C=O) groups excluding carboxylic acids is 3. The minimum atomic E-state index is -0.556. The zero-order valence-corrected chi connectivity index (χ0v) is 18.1. The lowest BCUT2D eigenvalue weighted by Gasteiger charge is -2.32. The first-order valence-electron chi connectivity index (χ1n) is 10.1. The molecule has 10 heteroatoms. The predicted molar refractivity (Wildman–Crippen MR) is 114 cm³/mol. The molecule has 4 N–H and O–H groups in total. The molecule has 170 valence electrons. The number of benzene rings is 1. The van der Waals surface area contributed by atoms with Crippen LogP contribution in [-0.2, 0) is 23.9 Å². The molecule has 0 bridgehead atoms. The van der Waals surface area contributed by atoms with Gasteiger partial charge in [-0.2, -0.15) is 0 Å². The number of nitrogens with one attached hydrogen (secondary N) is 1. The molecule has 1 heterocycles. The quantitative estimate of drug-likeness (QED) is 0.147. The van der Waals surface area contributed by atoms with Gasteiger partial charge in [0.15, 0.2) is 5.84 Å². The van der Waals surface area contributed by atoms with E-state index in [0.717, 1.165) is 0 Å². The summed E-state index contributed by atoms with van der Waals surface area (Å²) in [6.07, 6.45) is 0.779.